The Morgan fingerprint density at radius 2 is 2.53 bits per heavy atom. The smallest absolute Gasteiger partial charge is 0.400 e. The van der Waals surface area contributed by atoms with Gasteiger partial charge in [0.15, 0.2) is 10.1 Å². The molecule has 0 aliphatic heterocycles. The Hall–Kier alpha value is -1.41. The maximum absolute atomic E-state index is 10.3. The normalized spacial score (nSPS) is 10.5. The highest BCUT2D eigenvalue weighted by Gasteiger charge is 2.09. The van der Waals surface area contributed by atoms with Gasteiger partial charge in [-0.15, -0.1) is 0 Å². The van der Waals surface area contributed by atoms with Crippen LogP contribution in [0.5, 0.6) is 0 Å². The summed E-state index contributed by atoms with van der Waals surface area (Å²) in [6.07, 6.45) is 3.12. The average Bonchev–Trinajstić information content (AvgIpc) is 2.66. The minimum absolute atomic E-state index is 0.290. The van der Waals surface area contributed by atoms with Crippen LogP contribution >= 0.6 is 24.0 Å². The van der Waals surface area contributed by atoms with Crippen LogP contribution in [-0.2, 0) is 0 Å². The Kier molecular flexibility index (Phi) is 4.25. The van der Waals surface area contributed by atoms with E-state index in [2.05, 4.69) is 10.5 Å². The van der Waals surface area contributed by atoms with Gasteiger partial charge in [0.05, 0.1) is 12.3 Å². The van der Waals surface area contributed by atoms with Gasteiger partial charge in [-0.2, -0.15) is 5.10 Å². The molecule has 0 saturated heterocycles. The lowest BCUT2D eigenvalue weighted by atomic mass is 10.5. The number of thioether (sulfide) groups is 1. The molecule has 80 valence electrons. The van der Waals surface area contributed by atoms with E-state index in [1.165, 1.54) is 30.1 Å². The molecule has 0 amide bonds. The lowest BCUT2D eigenvalue weighted by Crippen LogP contribution is -2.09. The molecule has 1 heterocycles. The number of nitrogens with one attached hydrogen (secondary N) is 1. The van der Waals surface area contributed by atoms with Crippen molar-refractivity contribution in [3.63, 3.8) is 0 Å². The van der Waals surface area contributed by atoms with Crippen LogP contribution in [0.1, 0.15) is 5.76 Å². The van der Waals surface area contributed by atoms with Gasteiger partial charge in [-0.05, 0) is 12.3 Å². The Bertz CT molecular complexity index is 402. The minimum Gasteiger partial charge on any atom is -0.400 e. The van der Waals surface area contributed by atoms with Crippen molar-refractivity contribution in [3.05, 3.63) is 28.0 Å². The van der Waals surface area contributed by atoms with Crippen molar-refractivity contribution in [2.24, 2.45) is 5.10 Å². The first-order valence-corrected chi connectivity index (χ1v) is 5.38. The van der Waals surface area contributed by atoms with Gasteiger partial charge in [-0.3, -0.25) is 15.5 Å². The molecule has 0 aliphatic carbocycles. The average molecular weight is 245 g/mol. The number of nitro groups is 1. The minimum atomic E-state index is -0.614. The van der Waals surface area contributed by atoms with E-state index in [1.54, 1.807) is 0 Å². The zero-order valence-corrected chi connectivity index (χ0v) is 9.30. The third-order valence-corrected chi connectivity index (χ3v) is 2.38. The van der Waals surface area contributed by atoms with E-state index in [0.29, 0.717) is 4.32 Å². The van der Waals surface area contributed by atoms with Crippen LogP contribution in [0.25, 0.3) is 0 Å². The summed E-state index contributed by atoms with van der Waals surface area (Å²) in [6, 6.07) is 2.71. The lowest BCUT2D eigenvalue weighted by molar-refractivity contribution is -0.402. The van der Waals surface area contributed by atoms with E-state index >= 15 is 0 Å². The molecular weight excluding hydrogens is 238 g/mol. The van der Waals surface area contributed by atoms with Gasteiger partial charge in [-0.1, -0.05) is 24.0 Å². The van der Waals surface area contributed by atoms with Gasteiger partial charge in [0.1, 0.15) is 4.92 Å². The highest BCUT2D eigenvalue weighted by atomic mass is 32.2. The fourth-order valence-corrected chi connectivity index (χ4v) is 0.901. The molecule has 1 rings (SSSR count). The second-order valence-corrected chi connectivity index (χ2v) is 3.78. The third kappa shape index (κ3) is 3.68. The quantitative estimate of drug-likeness (QED) is 0.378. The topological polar surface area (TPSA) is 80.7 Å². The summed E-state index contributed by atoms with van der Waals surface area (Å²) >= 11 is 6.15. The zero-order chi connectivity index (χ0) is 11.3. The highest BCUT2D eigenvalue weighted by Crippen LogP contribution is 2.13. The summed E-state index contributed by atoms with van der Waals surface area (Å²) in [5.74, 6) is -0.0259. The Morgan fingerprint density at radius 1 is 1.80 bits per heavy atom. The van der Waals surface area contributed by atoms with E-state index in [9.17, 15) is 10.1 Å². The van der Waals surface area contributed by atoms with E-state index in [1.807, 2.05) is 6.26 Å². The molecule has 0 radical (unpaired) electrons. The van der Waals surface area contributed by atoms with Gasteiger partial charge >= 0.3 is 5.88 Å². The molecule has 0 bridgehead atoms. The molecule has 0 atom stereocenters. The summed E-state index contributed by atoms with van der Waals surface area (Å²) < 4.78 is 5.33. The van der Waals surface area contributed by atoms with E-state index in [0.717, 1.165) is 0 Å². The molecule has 0 aliphatic rings. The predicted molar refractivity (Wildman–Crippen MR) is 62.2 cm³/mol. The molecule has 0 spiro atoms. The fraction of sp³-hybridized carbons (Fsp3) is 0.143. The molecule has 0 saturated carbocycles. The number of nitrogens with zero attached hydrogens (tertiary/aromatic N) is 2. The molecule has 1 aromatic heterocycles. The molecular formula is C7H7N3O3S2. The van der Waals surface area contributed by atoms with Gasteiger partial charge in [-0.25, -0.2) is 0 Å². The van der Waals surface area contributed by atoms with Crippen LogP contribution in [0, 0.1) is 10.1 Å². The Labute approximate surface area is 94.9 Å². The number of rotatable bonds is 3. The van der Waals surface area contributed by atoms with Crippen molar-refractivity contribution in [1.29, 1.82) is 0 Å². The standard InChI is InChI=1S/C7H7N3O3S2/c1-15-7(14)9-8-4-5-2-3-6(13-5)10(11)12/h2-4H,1H3,(H,9,14). The number of thiocarbonyl (C=S) groups is 1. The summed E-state index contributed by atoms with van der Waals surface area (Å²) in [6.45, 7) is 0. The van der Waals surface area contributed by atoms with E-state index in [4.69, 9.17) is 16.6 Å². The number of hydrogen-bond donors (Lipinski definition) is 1. The van der Waals surface area contributed by atoms with Crippen molar-refractivity contribution in [2.75, 3.05) is 6.26 Å². The highest BCUT2D eigenvalue weighted by molar-refractivity contribution is 8.22. The van der Waals surface area contributed by atoms with Gasteiger partial charge in [0, 0.05) is 0 Å². The van der Waals surface area contributed by atoms with Crippen molar-refractivity contribution in [3.8, 4) is 0 Å². The van der Waals surface area contributed by atoms with Crippen LogP contribution in [0.3, 0.4) is 0 Å². The van der Waals surface area contributed by atoms with Gasteiger partial charge in [0.2, 0.25) is 0 Å². The maximum atomic E-state index is 10.3. The number of furan rings is 1. The summed E-state index contributed by atoms with van der Waals surface area (Å²) in [5.41, 5.74) is 2.55. The molecule has 0 aromatic carbocycles. The molecule has 1 aromatic rings. The van der Waals surface area contributed by atoms with Crippen LogP contribution in [0.2, 0.25) is 0 Å². The monoisotopic (exact) mass is 245 g/mol. The zero-order valence-electron chi connectivity index (χ0n) is 7.67. The number of hydrazone groups is 1. The molecule has 1 N–H and O–H groups in total. The second-order valence-electron chi connectivity index (χ2n) is 2.29. The van der Waals surface area contributed by atoms with Crippen molar-refractivity contribution < 1.29 is 9.34 Å². The molecule has 6 nitrogen and oxygen atoms in total. The van der Waals surface area contributed by atoms with E-state index < -0.39 is 4.92 Å². The van der Waals surface area contributed by atoms with Gasteiger partial charge in [0.25, 0.3) is 0 Å². The molecule has 8 heteroatoms. The van der Waals surface area contributed by atoms with Crippen LogP contribution in [-0.4, -0.2) is 21.7 Å². The van der Waals surface area contributed by atoms with E-state index in [-0.39, 0.29) is 11.6 Å². The van der Waals surface area contributed by atoms with Crippen LogP contribution in [0.4, 0.5) is 5.88 Å². The largest absolute Gasteiger partial charge is 0.433 e. The summed E-state index contributed by atoms with van der Waals surface area (Å²) in [4.78, 5) is 9.66. The first-order valence-electron chi connectivity index (χ1n) is 3.74. The van der Waals surface area contributed by atoms with Gasteiger partial charge < -0.3 is 4.42 Å². The van der Waals surface area contributed by atoms with Crippen LogP contribution in [0.15, 0.2) is 21.7 Å². The molecule has 0 unspecified atom stereocenters. The Morgan fingerprint density at radius 3 is 3.07 bits per heavy atom. The SMILES string of the molecule is CSC(=S)NN=Cc1ccc([N+](=O)[O-])o1. The van der Waals surface area contributed by atoms with Crippen LogP contribution < -0.4 is 5.43 Å². The van der Waals surface area contributed by atoms with Crippen molar-refractivity contribution >= 4 is 40.4 Å². The maximum Gasteiger partial charge on any atom is 0.433 e. The summed E-state index contributed by atoms with van der Waals surface area (Å²) in [5, 5.41) is 14.0. The van der Waals surface area contributed by atoms with Crippen molar-refractivity contribution in [2.45, 2.75) is 0 Å². The first kappa shape index (κ1) is 11.7. The van der Waals surface area contributed by atoms with Crippen molar-refractivity contribution in [1.82, 2.24) is 5.43 Å². The molecule has 0 fully saturated rings. The third-order valence-electron chi connectivity index (χ3n) is 1.33. The predicted octanol–water partition coefficient (Wildman–Crippen LogP) is 1.76. The molecule has 15 heavy (non-hydrogen) atoms. The first-order chi connectivity index (χ1) is 7.13. The lowest BCUT2D eigenvalue weighted by Gasteiger charge is -1.94. The summed E-state index contributed by atoms with van der Waals surface area (Å²) in [7, 11) is 0. The fourth-order valence-electron chi connectivity index (χ4n) is 0.704. The second kappa shape index (κ2) is 5.47. The number of hydrogen-bond acceptors (Lipinski definition) is 6. The Balaban J connectivity index is 2.57.